The molecular weight excluding hydrogens is 479 g/mol. The maximum absolute atomic E-state index is 7.44. The average Bonchev–Trinajstić information content (AvgIpc) is 2.92. The highest BCUT2D eigenvalue weighted by atomic mass is 35.5. The standard InChI is InChI=1S/C34H58Cl2/c1-3-5-6-7-8-27-11-15-29(16-12-27)31-19-23-33(24-20-31)25-32(34(33,35)36)21-17-30(18-22-32)28-13-9-26(4-2)10-14-28/h26-31H,3-25H2,1-2H3/t26-,27-,28-,29-,30?,31?,32?,33?. The first kappa shape index (κ1) is 28.1. The molecule has 36 heavy (non-hydrogen) atoms. The SMILES string of the molecule is CCCCCC[C@H]1CC[C@H](C2CCC3(CC2)CC2(CCC([C@H]4CC[C@H](CC)CC4)CC2)C3(Cl)Cl)CC1. The Kier molecular flexibility index (Phi) is 9.36. The summed E-state index contributed by atoms with van der Waals surface area (Å²) in [5, 5.41) is 0. The van der Waals surface area contributed by atoms with Crippen molar-refractivity contribution >= 4 is 23.2 Å². The minimum Gasteiger partial charge on any atom is -0.100 e. The summed E-state index contributed by atoms with van der Waals surface area (Å²) in [6.07, 6.45) is 32.9. The molecule has 0 aliphatic heterocycles. The van der Waals surface area contributed by atoms with Crippen LogP contribution >= 0.6 is 23.2 Å². The zero-order valence-electron chi connectivity index (χ0n) is 24.0. The predicted molar refractivity (Wildman–Crippen MR) is 158 cm³/mol. The van der Waals surface area contributed by atoms with Gasteiger partial charge >= 0.3 is 0 Å². The van der Waals surface area contributed by atoms with Crippen molar-refractivity contribution in [3.05, 3.63) is 0 Å². The van der Waals surface area contributed by atoms with Crippen molar-refractivity contribution in [2.45, 2.75) is 166 Å². The maximum atomic E-state index is 7.44. The number of unbranched alkanes of at least 4 members (excludes halogenated alkanes) is 3. The molecule has 5 aliphatic carbocycles. The highest BCUT2D eigenvalue weighted by Gasteiger charge is 2.72. The zero-order valence-corrected chi connectivity index (χ0v) is 25.5. The van der Waals surface area contributed by atoms with Gasteiger partial charge < -0.3 is 0 Å². The van der Waals surface area contributed by atoms with Crippen LogP contribution in [0.1, 0.15) is 162 Å². The smallest absolute Gasteiger partial charge is 0.100 e. The molecule has 0 aromatic heterocycles. The first-order valence-corrected chi connectivity index (χ1v) is 17.6. The van der Waals surface area contributed by atoms with E-state index in [-0.39, 0.29) is 10.8 Å². The quantitative estimate of drug-likeness (QED) is 0.213. The highest BCUT2D eigenvalue weighted by molar-refractivity contribution is 6.50. The van der Waals surface area contributed by atoms with Gasteiger partial charge in [0.15, 0.2) is 0 Å². The second-order valence-electron chi connectivity index (χ2n) is 14.8. The minimum atomic E-state index is -0.452. The molecule has 0 unspecified atom stereocenters. The Balaban J connectivity index is 1.06. The number of alkyl halides is 2. The normalized spacial score (nSPS) is 45.0. The maximum Gasteiger partial charge on any atom is 0.129 e. The van der Waals surface area contributed by atoms with Crippen molar-refractivity contribution in [3.8, 4) is 0 Å². The summed E-state index contributed by atoms with van der Waals surface area (Å²) in [7, 11) is 0. The molecule has 208 valence electrons. The Morgan fingerprint density at radius 3 is 1.39 bits per heavy atom. The van der Waals surface area contributed by atoms with E-state index in [1.165, 1.54) is 148 Å². The van der Waals surface area contributed by atoms with Crippen molar-refractivity contribution < 1.29 is 0 Å². The van der Waals surface area contributed by atoms with Crippen LogP contribution in [0.2, 0.25) is 0 Å². The van der Waals surface area contributed by atoms with E-state index in [9.17, 15) is 0 Å². The minimum absolute atomic E-state index is 0.245. The topological polar surface area (TPSA) is 0 Å². The van der Waals surface area contributed by atoms with Gasteiger partial charge in [-0.25, -0.2) is 0 Å². The summed E-state index contributed by atoms with van der Waals surface area (Å²) in [6, 6.07) is 0. The molecule has 5 rings (SSSR count). The second-order valence-corrected chi connectivity index (χ2v) is 16.1. The van der Waals surface area contributed by atoms with Crippen LogP contribution in [0.25, 0.3) is 0 Å². The van der Waals surface area contributed by atoms with Crippen molar-refractivity contribution in [2.75, 3.05) is 0 Å². The molecule has 5 saturated carbocycles. The average molecular weight is 538 g/mol. The molecule has 2 heteroatoms. The van der Waals surface area contributed by atoms with Crippen molar-refractivity contribution in [1.82, 2.24) is 0 Å². The van der Waals surface area contributed by atoms with Gasteiger partial charge in [0.1, 0.15) is 4.33 Å². The lowest BCUT2D eigenvalue weighted by Gasteiger charge is -2.69. The van der Waals surface area contributed by atoms with E-state index >= 15 is 0 Å². The fraction of sp³-hybridized carbons (Fsp3) is 1.00. The van der Waals surface area contributed by atoms with Gasteiger partial charge in [0.05, 0.1) is 0 Å². The van der Waals surface area contributed by atoms with Crippen LogP contribution in [-0.4, -0.2) is 4.33 Å². The summed E-state index contributed by atoms with van der Waals surface area (Å²) < 4.78 is -0.452. The molecule has 0 amide bonds. The van der Waals surface area contributed by atoms with E-state index in [2.05, 4.69) is 13.8 Å². The molecule has 0 aromatic carbocycles. The Hall–Kier alpha value is 0.580. The molecule has 0 N–H and O–H groups in total. The van der Waals surface area contributed by atoms with Crippen LogP contribution in [-0.2, 0) is 0 Å². The Morgan fingerprint density at radius 1 is 0.528 bits per heavy atom. The number of hydrogen-bond donors (Lipinski definition) is 0. The largest absolute Gasteiger partial charge is 0.129 e. The van der Waals surface area contributed by atoms with Crippen LogP contribution in [0.4, 0.5) is 0 Å². The molecule has 5 fully saturated rings. The summed E-state index contributed by atoms with van der Waals surface area (Å²) >= 11 is 14.9. The summed E-state index contributed by atoms with van der Waals surface area (Å²) in [6.45, 7) is 4.71. The van der Waals surface area contributed by atoms with Crippen LogP contribution in [0.3, 0.4) is 0 Å². The Bertz CT molecular complexity index is 665. The summed E-state index contributed by atoms with van der Waals surface area (Å²) in [5.74, 6) is 5.98. The van der Waals surface area contributed by atoms with Gasteiger partial charge in [-0.05, 0) is 119 Å². The van der Waals surface area contributed by atoms with Gasteiger partial charge in [-0.15, -0.1) is 23.2 Å². The monoisotopic (exact) mass is 536 g/mol. The molecule has 0 bridgehead atoms. The van der Waals surface area contributed by atoms with Gasteiger partial charge in [-0.1, -0.05) is 78.1 Å². The fourth-order valence-corrected chi connectivity index (χ4v) is 11.5. The van der Waals surface area contributed by atoms with Crippen LogP contribution in [0.5, 0.6) is 0 Å². The van der Waals surface area contributed by atoms with Crippen LogP contribution in [0.15, 0.2) is 0 Å². The molecule has 0 aromatic rings. The molecule has 0 atom stereocenters. The van der Waals surface area contributed by atoms with Crippen molar-refractivity contribution in [1.29, 1.82) is 0 Å². The first-order valence-electron chi connectivity index (χ1n) is 16.8. The lowest BCUT2D eigenvalue weighted by Crippen LogP contribution is -2.66. The molecule has 0 heterocycles. The third-order valence-corrected chi connectivity index (χ3v) is 14.7. The number of hydrogen-bond acceptors (Lipinski definition) is 0. The van der Waals surface area contributed by atoms with Gasteiger partial charge in [0.2, 0.25) is 0 Å². The molecule has 5 aliphatic rings. The predicted octanol–water partition coefficient (Wildman–Crippen LogP) is 11.9. The van der Waals surface area contributed by atoms with E-state index in [1.54, 1.807) is 0 Å². The van der Waals surface area contributed by atoms with Crippen molar-refractivity contribution in [2.24, 2.45) is 46.3 Å². The zero-order chi connectivity index (χ0) is 25.2. The van der Waals surface area contributed by atoms with E-state index in [4.69, 9.17) is 23.2 Å². The third-order valence-electron chi connectivity index (χ3n) is 13.1. The second kappa shape index (κ2) is 12.0. The van der Waals surface area contributed by atoms with Crippen molar-refractivity contribution in [3.63, 3.8) is 0 Å². The third kappa shape index (κ3) is 5.45. The van der Waals surface area contributed by atoms with Gasteiger partial charge in [-0.3, -0.25) is 0 Å². The van der Waals surface area contributed by atoms with E-state index < -0.39 is 4.33 Å². The Morgan fingerprint density at radius 2 is 0.972 bits per heavy atom. The number of rotatable bonds is 8. The van der Waals surface area contributed by atoms with Gasteiger partial charge in [0, 0.05) is 10.8 Å². The number of halogens is 2. The van der Waals surface area contributed by atoms with E-state index in [0.717, 1.165) is 35.5 Å². The summed E-state index contributed by atoms with van der Waals surface area (Å²) in [5.41, 5.74) is 0.491. The molecule has 0 saturated heterocycles. The van der Waals surface area contributed by atoms with Gasteiger partial charge in [-0.2, -0.15) is 0 Å². The lowest BCUT2D eigenvalue weighted by atomic mass is 9.42. The molecule has 0 nitrogen and oxygen atoms in total. The molecule has 0 radical (unpaired) electrons. The van der Waals surface area contributed by atoms with E-state index in [0.29, 0.717) is 0 Å². The van der Waals surface area contributed by atoms with Crippen LogP contribution in [0, 0.1) is 46.3 Å². The highest BCUT2D eigenvalue weighted by Crippen LogP contribution is 2.77. The lowest BCUT2D eigenvalue weighted by molar-refractivity contribution is -0.122. The molecule has 2 spiro atoms. The fourth-order valence-electron chi connectivity index (χ4n) is 10.5. The first-order chi connectivity index (χ1) is 17.4. The summed E-state index contributed by atoms with van der Waals surface area (Å²) in [4.78, 5) is 0. The van der Waals surface area contributed by atoms with E-state index in [1.807, 2.05) is 0 Å². The Labute approximate surface area is 234 Å². The van der Waals surface area contributed by atoms with Crippen LogP contribution < -0.4 is 0 Å². The van der Waals surface area contributed by atoms with Gasteiger partial charge in [0.25, 0.3) is 0 Å². The molecular formula is C34H58Cl2.